The van der Waals surface area contributed by atoms with Crippen LogP contribution in [0.4, 0.5) is 0 Å². The third-order valence-corrected chi connectivity index (χ3v) is 7.98. The maximum absolute atomic E-state index is 2.57. The zero-order chi connectivity index (χ0) is 12.4. The molecule has 0 saturated heterocycles. The molecule has 3 rings (SSSR count). The summed E-state index contributed by atoms with van der Waals surface area (Å²) in [4.78, 5) is 0. The monoisotopic (exact) mass is 253 g/mol. The van der Waals surface area contributed by atoms with Crippen LogP contribution in [0.1, 0.15) is 13.3 Å². The molecule has 0 aliphatic carbocycles. The van der Waals surface area contributed by atoms with Crippen molar-refractivity contribution in [1.29, 1.82) is 0 Å². The molecule has 90 valence electrons. The first-order valence-corrected chi connectivity index (χ1v) is 8.53. The Morgan fingerprint density at radius 3 is 1.67 bits per heavy atom. The maximum Gasteiger partial charge on any atom is 0.104 e. The van der Waals surface area contributed by atoms with E-state index in [1.54, 1.807) is 5.57 Å². The van der Waals surface area contributed by atoms with E-state index >= 15 is 0 Å². The Hall–Kier alpha value is -1.39. The van der Waals surface area contributed by atoms with E-state index < -0.39 is 7.26 Å². The maximum atomic E-state index is 2.57. The summed E-state index contributed by atoms with van der Waals surface area (Å²) in [6.07, 6.45) is 2.55. The molecule has 2 aromatic carbocycles. The summed E-state index contributed by atoms with van der Waals surface area (Å²) < 4.78 is 0. The van der Waals surface area contributed by atoms with Crippen molar-refractivity contribution >= 4 is 17.9 Å². The van der Waals surface area contributed by atoms with E-state index in [0.29, 0.717) is 0 Å². The number of benzene rings is 2. The summed E-state index contributed by atoms with van der Waals surface area (Å²) in [7, 11) is -1.27. The van der Waals surface area contributed by atoms with Gasteiger partial charge in [0.2, 0.25) is 0 Å². The zero-order valence-corrected chi connectivity index (χ0v) is 11.6. The second-order valence-electron chi connectivity index (χ2n) is 4.99. The molecular weight excluding hydrogens is 235 g/mol. The van der Waals surface area contributed by atoms with Gasteiger partial charge in [-0.05, 0) is 36.8 Å². The Morgan fingerprint density at radius 2 is 1.28 bits per heavy atom. The first-order chi connectivity index (χ1) is 8.81. The van der Waals surface area contributed by atoms with Gasteiger partial charge in [0.05, 0.1) is 12.0 Å². The van der Waals surface area contributed by atoms with Crippen molar-refractivity contribution in [3.63, 3.8) is 0 Å². The lowest BCUT2D eigenvalue weighted by Crippen LogP contribution is -2.21. The highest BCUT2D eigenvalue weighted by molar-refractivity contribution is 7.92. The minimum atomic E-state index is -1.27. The lowest BCUT2D eigenvalue weighted by Gasteiger charge is -2.19. The van der Waals surface area contributed by atoms with Gasteiger partial charge in [0.15, 0.2) is 0 Å². The molecule has 0 atom stereocenters. The van der Waals surface area contributed by atoms with Crippen molar-refractivity contribution in [1.82, 2.24) is 0 Å². The smallest absolute Gasteiger partial charge is 0.0620 e. The van der Waals surface area contributed by atoms with Crippen molar-refractivity contribution < 1.29 is 0 Å². The molecule has 2 aromatic rings. The van der Waals surface area contributed by atoms with Crippen LogP contribution in [0.3, 0.4) is 0 Å². The predicted molar refractivity (Wildman–Crippen MR) is 82.3 cm³/mol. The summed E-state index contributed by atoms with van der Waals surface area (Å²) in [5, 5.41) is 3.04. The van der Waals surface area contributed by atoms with E-state index in [1.165, 1.54) is 23.2 Å². The summed E-state index contributed by atoms with van der Waals surface area (Å²) in [5.41, 5.74) is 1.55. The van der Waals surface area contributed by atoms with E-state index in [4.69, 9.17) is 0 Å². The van der Waals surface area contributed by atoms with Crippen molar-refractivity contribution in [2.75, 3.05) is 6.16 Å². The first kappa shape index (κ1) is 11.7. The molecule has 1 heteroatoms. The van der Waals surface area contributed by atoms with Crippen LogP contribution in [0.25, 0.3) is 0 Å². The first-order valence-electron chi connectivity index (χ1n) is 6.49. The standard InChI is InChI=1S/C17H18P/c1-15-12-13-18(14-15,16-8-4-2-5-9-16)17-10-6-3-7-11-17/h2-11,14H,12-13H2,1H3/q+1. The fraction of sp³-hybridized carbons (Fsp3) is 0.176. The third kappa shape index (κ3) is 1.91. The van der Waals surface area contributed by atoms with E-state index in [-0.39, 0.29) is 0 Å². The minimum absolute atomic E-state index is 1.25. The quantitative estimate of drug-likeness (QED) is 0.711. The fourth-order valence-electron chi connectivity index (χ4n) is 2.80. The summed E-state index contributed by atoms with van der Waals surface area (Å²) in [5.74, 6) is 2.57. The number of hydrogen-bond donors (Lipinski definition) is 0. The Balaban J connectivity index is 2.18. The summed E-state index contributed by atoms with van der Waals surface area (Å²) in [6.45, 7) is 2.27. The van der Waals surface area contributed by atoms with Gasteiger partial charge in [-0.1, -0.05) is 36.4 Å². The molecule has 0 radical (unpaired) electrons. The lowest BCUT2D eigenvalue weighted by molar-refractivity contribution is 1.14. The van der Waals surface area contributed by atoms with Crippen LogP contribution in [0.5, 0.6) is 0 Å². The Morgan fingerprint density at radius 1 is 0.778 bits per heavy atom. The number of rotatable bonds is 2. The highest BCUT2D eigenvalue weighted by atomic mass is 31.2. The number of allylic oxidation sites excluding steroid dienone is 1. The van der Waals surface area contributed by atoms with Crippen LogP contribution in [-0.4, -0.2) is 6.16 Å². The third-order valence-electron chi connectivity index (χ3n) is 3.73. The van der Waals surface area contributed by atoms with Gasteiger partial charge in [0.25, 0.3) is 0 Å². The molecular formula is C17H18P+. The van der Waals surface area contributed by atoms with E-state index in [2.05, 4.69) is 73.4 Å². The van der Waals surface area contributed by atoms with Gasteiger partial charge in [-0.25, -0.2) is 0 Å². The lowest BCUT2D eigenvalue weighted by atomic mass is 10.3. The molecule has 0 aromatic heterocycles. The zero-order valence-electron chi connectivity index (χ0n) is 10.7. The molecule has 0 fully saturated rings. The molecule has 18 heavy (non-hydrogen) atoms. The Kier molecular flexibility index (Phi) is 3.06. The molecule has 0 N–H and O–H groups in total. The fourth-order valence-corrected chi connectivity index (χ4v) is 7.04. The average Bonchev–Trinajstić information content (AvgIpc) is 2.84. The van der Waals surface area contributed by atoms with Crippen LogP contribution in [-0.2, 0) is 0 Å². The normalized spacial score (nSPS) is 17.5. The van der Waals surface area contributed by atoms with E-state index in [1.807, 2.05) is 0 Å². The van der Waals surface area contributed by atoms with Gasteiger partial charge in [-0.15, -0.1) is 0 Å². The van der Waals surface area contributed by atoms with Crippen molar-refractivity contribution in [2.24, 2.45) is 0 Å². The van der Waals surface area contributed by atoms with Crippen LogP contribution in [0.2, 0.25) is 0 Å². The Bertz CT molecular complexity index is 515. The topological polar surface area (TPSA) is 0 Å². The van der Waals surface area contributed by atoms with Gasteiger partial charge in [-0.3, -0.25) is 0 Å². The molecule has 1 heterocycles. The average molecular weight is 253 g/mol. The van der Waals surface area contributed by atoms with Gasteiger partial charge in [-0.2, -0.15) is 0 Å². The molecule has 0 bridgehead atoms. The molecule has 0 unspecified atom stereocenters. The molecule has 0 amide bonds. The van der Waals surface area contributed by atoms with Crippen LogP contribution in [0.15, 0.2) is 72.1 Å². The predicted octanol–water partition coefficient (Wildman–Crippen LogP) is 3.96. The SMILES string of the molecule is CC1=C[P+](c2ccccc2)(c2ccccc2)CC1. The molecule has 1 aliphatic heterocycles. The second kappa shape index (κ2) is 4.71. The van der Waals surface area contributed by atoms with Crippen molar-refractivity contribution in [3.8, 4) is 0 Å². The minimum Gasteiger partial charge on any atom is -0.0620 e. The van der Waals surface area contributed by atoms with Crippen molar-refractivity contribution in [2.45, 2.75) is 13.3 Å². The van der Waals surface area contributed by atoms with Gasteiger partial charge < -0.3 is 0 Å². The van der Waals surface area contributed by atoms with E-state index in [0.717, 1.165) is 0 Å². The Labute approximate surface area is 110 Å². The molecule has 0 spiro atoms. The summed E-state index contributed by atoms with van der Waals surface area (Å²) >= 11 is 0. The van der Waals surface area contributed by atoms with Crippen molar-refractivity contribution in [3.05, 3.63) is 72.1 Å². The van der Waals surface area contributed by atoms with Gasteiger partial charge in [0, 0.05) is 6.42 Å². The van der Waals surface area contributed by atoms with E-state index in [9.17, 15) is 0 Å². The molecule has 1 aliphatic rings. The van der Waals surface area contributed by atoms with Crippen LogP contribution < -0.4 is 10.6 Å². The number of hydrogen-bond acceptors (Lipinski definition) is 0. The summed E-state index contributed by atoms with van der Waals surface area (Å²) in [6, 6.07) is 22.1. The van der Waals surface area contributed by atoms with Crippen LogP contribution in [0, 0.1) is 0 Å². The largest absolute Gasteiger partial charge is 0.104 e. The van der Waals surface area contributed by atoms with Gasteiger partial charge in [0.1, 0.15) is 17.9 Å². The van der Waals surface area contributed by atoms with Gasteiger partial charge >= 0.3 is 0 Å². The molecule has 0 saturated carbocycles. The van der Waals surface area contributed by atoms with Crippen LogP contribution >= 0.6 is 7.26 Å². The highest BCUT2D eigenvalue weighted by Crippen LogP contribution is 2.63. The second-order valence-corrected chi connectivity index (χ2v) is 8.46. The molecule has 0 nitrogen and oxygen atoms in total. The highest BCUT2D eigenvalue weighted by Gasteiger charge is 2.43.